The predicted molar refractivity (Wildman–Crippen MR) is 284 cm³/mol. The van der Waals surface area contributed by atoms with Crippen LogP contribution in [0.4, 0.5) is 0 Å². The van der Waals surface area contributed by atoms with Gasteiger partial charge < -0.3 is 28.5 Å². The highest BCUT2D eigenvalue weighted by molar-refractivity contribution is 7.45. The zero-order valence-electron chi connectivity index (χ0n) is 44.6. The summed E-state index contributed by atoms with van der Waals surface area (Å²) in [5.41, 5.74) is 0. The van der Waals surface area contributed by atoms with Gasteiger partial charge in [-0.1, -0.05) is 205 Å². The van der Waals surface area contributed by atoms with Crippen molar-refractivity contribution in [3.8, 4) is 0 Å². The third kappa shape index (κ3) is 48.8. The van der Waals surface area contributed by atoms with E-state index in [1.165, 1.54) is 135 Å². The number of allylic oxidation sites excluding steroid dienone is 7. The minimum atomic E-state index is -4.70. The Morgan fingerprint density at radius 2 is 0.910 bits per heavy atom. The van der Waals surface area contributed by atoms with Gasteiger partial charge in [0.15, 0.2) is 0 Å². The van der Waals surface area contributed by atoms with Crippen LogP contribution >= 0.6 is 7.82 Å². The van der Waals surface area contributed by atoms with Crippen molar-refractivity contribution < 1.29 is 37.3 Å². The molecule has 3 atom stereocenters. The molecule has 67 heavy (non-hydrogen) atoms. The van der Waals surface area contributed by atoms with E-state index in [0.717, 1.165) is 70.6 Å². The largest absolute Gasteiger partial charge is 0.756 e. The van der Waals surface area contributed by atoms with E-state index in [9.17, 15) is 19.0 Å². The molecule has 0 rings (SSSR count). The van der Waals surface area contributed by atoms with E-state index in [0.29, 0.717) is 23.9 Å². The number of phosphoric ester groups is 1. The first-order valence-corrected chi connectivity index (χ1v) is 29.4. The van der Waals surface area contributed by atoms with Crippen molar-refractivity contribution in [1.82, 2.24) is 5.32 Å². The normalized spacial score (nSPS) is 14.2. The molecule has 0 aliphatic rings. The Balaban J connectivity index is 5.42. The Hall–Kier alpha value is -2.03. The average Bonchev–Trinajstić information content (AvgIpc) is 3.28. The second-order valence-electron chi connectivity index (χ2n) is 20.1. The van der Waals surface area contributed by atoms with Crippen LogP contribution in [0.1, 0.15) is 252 Å². The second kappa shape index (κ2) is 47.6. The topological polar surface area (TPSA) is 114 Å². The fraction of sp³-hybridized carbons (Fsp3) is 0.825. The first-order chi connectivity index (χ1) is 32.4. The average molecular weight is 963 g/mol. The zero-order valence-corrected chi connectivity index (χ0v) is 45.5. The molecule has 0 spiro atoms. The third-order valence-corrected chi connectivity index (χ3v) is 13.2. The Labute approximate surface area is 414 Å². The molecule has 0 bridgehead atoms. The molecule has 392 valence electrons. The highest BCUT2D eigenvalue weighted by atomic mass is 31.2. The lowest BCUT2D eigenvalue weighted by Gasteiger charge is -2.30. The van der Waals surface area contributed by atoms with Gasteiger partial charge in [-0.15, -0.1) is 0 Å². The van der Waals surface area contributed by atoms with Gasteiger partial charge in [0.05, 0.1) is 33.8 Å². The predicted octanol–water partition coefficient (Wildman–Crippen LogP) is 15.9. The maximum Gasteiger partial charge on any atom is 0.306 e. The number of rotatable bonds is 50. The summed E-state index contributed by atoms with van der Waals surface area (Å²) in [6, 6.07) is -0.905. The molecule has 1 amide bonds. The van der Waals surface area contributed by atoms with Gasteiger partial charge in [0, 0.05) is 12.8 Å². The monoisotopic (exact) mass is 963 g/mol. The van der Waals surface area contributed by atoms with Crippen LogP contribution in [0.25, 0.3) is 0 Å². The van der Waals surface area contributed by atoms with Gasteiger partial charge in [-0.05, 0) is 83.1 Å². The summed E-state index contributed by atoms with van der Waals surface area (Å²) >= 11 is 0. The van der Waals surface area contributed by atoms with Gasteiger partial charge in [0.25, 0.3) is 7.82 Å². The number of nitrogens with one attached hydrogen (secondary N) is 1. The number of hydrogen-bond donors (Lipinski definition) is 1. The molecule has 0 aromatic rings. The zero-order chi connectivity index (χ0) is 49.4. The highest BCUT2D eigenvalue weighted by Crippen LogP contribution is 2.38. The van der Waals surface area contributed by atoms with Crippen molar-refractivity contribution in [2.24, 2.45) is 0 Å². The van der Waals surface area contributed by atoms with E-state index in [1.807, 2.05) is 33.3 Å². The molecule has 10 heteroatoms. The Bertz CT molecular complexity index is 1290. The molecule has 1 N–H and O–H groups in total. The van der Waals surface area contributed by atoms with Gasteiger partial charge in [-0.25, -0.2) is 0 Å². The van der Waals surface area contributed by atoms with Gasteiger partial charge in [0.1, 0.15) is 19.3 Å². The number of amides is 1. The highest BCUT2D eigenvalue weighted by Gasteiger charge is 2.27. The Morgan fingerprint density at radius 3 is 1.36 bits per heavy atom. The number of quaternary nitrogens is 1. The molecule has 0 aromatic heterocycles. The number of esters is 1. The van der Waals surface area contributed by atoms with Crippen LogP contribution in [0, 0.1) is 0 Å². The van der Waals surface area contributed by atoms with E-state index in [2.05, 4.69) is 62.5 Å². The standard InChI is InChI=1S/C57H107N2O7P/c1-7-10-13-16-19-22-25-27-29-30-31-34-37-40-43-46-49-56(60)58-54(53-65-67(62,63)64-52-51-59(4,5)6)55(48-45-42-39-36-33-24-21-18-15-12-9-3)66-57(61)50-47-44-41-38-35-32-28-26-23-20-17-14-11-8-2/h29-32,34-35,45,48,54-55H,7-28,33,36-44,46-47,49-53H2,1-6H3,(H-,58,60,62,63)/b30-29+,34-31+,35-32-,48-45+. The molecule has 0 radical (unpaired) electrons. The first kappa shape index (κ1) is 65.0. The van der Waals surface area contributed by atoms with Gasteiger partial charge in [-0.2, -0.15) is 0 Å². The maximum absolute atomic E-state index is 13.4. The molecule has 0 aromatic carbocycles. The van der Waals surface area contributed by atoms with Crippen LogP contribution in [0.3, 0.4) is 0 Å². The lowest BCUT2D eigenvalue weighted by molar-refractivity contribution is -0.870. The number of likely N-dealkylation sites (N-methyl/N-ethyl adjacent to an activating group) is 1. The van der Waals surface area contributed by atoms with Crippen LogP contribution < -0.4 is 10.2 Å². The van der Waals surface area contributed by atoms with Crippen molar-refractivity contribution in [2.75, 3.05) is 40.9 Å². The molecule has 0 heterocycles. The van der Waals surface area contributed by atoms with Crippen molar-refractivity contribution >= 4 is 19.7 Å². The number of nitrogens with zero attached hydrogens (tertiary/aromatic N) is 1. The number of carbonyl (C=O) groups is 2. The summed E-state index contributed by atoms with van der Waals surface area (Å²) in [6.07, 6.45) is 56.5. The van der Waals surface area contributed by atoms with Gasteiger partial charge in [0.2, 0.25) is 5.91 Å². The fourth-order valence-corrected chi connectivity index (χ4v) is 8.58. The molecule has 0 fully saturated rings. The Morgan fingerprint density at radius 1 is 0.522 bits per heavy atom. The molecule has 0 aliphatic heterocycles. The van der Waals surface area contributed by atoms with Crippen LogP contribution in [0.5, 0.6) is 0 Å². The molecular weight excluding hydrogens is 856 g/mol. The molecular formula is C57H107N2O7P. The summed E-state index contributed by atoms with van der Waals surface area (Å²) in [4.78, 5) is 39.7. The number of unbranched alkanes of at least 4 members (excludes halogenated alkanes) is 29. The summed E-state index contributed by atoms with van der Waals surface area (Å²) in [6.45, 7) is 6.79. The van der Waals surface area contributed by atoms with Crippen molar-refractivity contribution in [2.45, 2.75) is 264 Å². The van der Waals surface area contributed by atoms with Crippen molar-refractivity contribution in [3.05, 3.63) is 48.6 Å². The quantitative estimate of drug-likeness (QED) is 0.0161. The SMILES string of the molecule is CCCCCCCCC/C=C\CCCCCC(=O)OC(/C=C/CCCCCCCCCCC)C(COP(=O)([O-])OCC[N+](C)(C)C)NC(=O)CCCCC/C=C/C=C/CCCCCCCCC. The lowest BCUT2D eigenvalue weighted by Crippen LogP contribution is -2.47. The second-order valence-corrected chi connectivity index (χ2v) is 21.5. The van der Waals surface area contributed by atoms with Crippen LogP contribution in [-0.4, -0.2) is 69.4 Å². The molecule has 9 nitrogen and oxygen atoms in total. The molecule has 0 aliphatic carbocycles. The summed E-state index contributed by atoms with van der Waals surface area (Å²) in [5, 5.41) is 3.00. The van der Waals surface area contributed by atoms with Crippen molar-refractivity contribution in [3.63, 3.8) is 0 Å². The Kier molecular flexibility index (Phi) is 46.2. The van der Waals surface area contributed by atoms with Gasteiger partial charge >= 0.3 is 5.97 Å². The van der Waals surface area contributed by atoms with Gasteiger partial charge in [-0.3, -0.25) is 14.2 Å². The number of carbonyl (C=O) groups excluding carboxylic acids is 2. The van der Waals surface area contributed by atoms with Crippen LogP contribution in [0.15, 0.2) is 48.6 Å². The number of phosphoric acid groups is 1. The van der Waals surface area contributed by atoms with E-state index in [1.54, 1.807) is 0 Å². The molecule has 0 saturated heterocycles. The molecule has 3 unspecified atom stereocenters. The minimum Gasteiger partial charge on any atom is -0.756 e. The fourth-order valence-electron chi connectivity index (χ4n) is 7.86. The third-order valence-electron chi connectivity index (χ3n) is 12.3. The molecule has 0 saturated carbocycles. The summed E-state index contributed by atoms with van der Waals surface area (Å²) < 4.78 is 30.1. The van der Waals surface area contributed by atoms with Crippen molar-refractivity contribution in [1.29, 1.82) is 0 Å². The van der Waals surface area contributed by atoms with E-state index in [-0.39, 0.29) is 31.3 Å². The summed E-state index contributed by atoms with van der Waals surface area (Å²) in [7, 11) is 1.16. The first-order valence-electron chi connectivity index (χ1n) is 28.0. The number of hydrogen-bond acceptors (Lipinski definition) is 7. The van der Waals surface area contributed by atoms with E-state index < -0.39 is 26.6 Å². The smallest absolute Gasteiger partial charge is 0.306 e. The lowest BCUT2D eigenvalue weighted by atomic mass is 10.1. The van der Waals surface area contributed by atoms with Crippen LogP contribution in [0.2, 0.25) is 0 Å². The minimum absolute atomic E-state index is 0.0297. The number of ether oxygens (including phenoxy) is 1. The summed E-state index contributed by atoms with van der Waals surface area (Å²) in [5.74, 6) is -0.589. The maximum atomic E-state index is 13.4. The van der Waals surface area contributed by atoms with Crippen LogP contribution in [-0.2, 0) is 27.9 Å². The van der Waals surface area contributed by atoms with E-state index >= 15 is 0 Å². The van der Waals surface area contributed by atoms with E-state index in [4.69, 9.17) is 13.8 Å².